The van der Waals surface area contributed by atoms with E-state index in [2.05, 4.69) is 31.2 Å². The summed E-state index contributed by atoms with van der Waals surface area (Å²) >= 11 is 0. The van der Waals surface area contributed by atoms with Crippen LogP contribution in [0.1, 0.15) is 51.9 Å². The first-order valence-electron chi connectivity index (χ1n) is 8.35. The van der Waals surface area contributed by atoms with Crippen LogP contribution in [0.2, 0.25) is 0 Å². The number of aliphatic hydroxyl groups excluding tert-OH is 1. The fraction of sp³-hybridized carbons (Fsp3) is 0.450. The summed E-state index contributed by atoms with van der Waals surface area (Å²) in [6.45, 7) is 2.12. The van der Waals surface area contributed by atoms with Gasteiger partial charge in [-0.05, 0) is 38.5 Å². The van der Waals surface area contributed by atoms with Gasteiger partial charge in [-0.25, -0.2) is 0 Å². The van der Waals surface area contributed by atoms with Crippen LogP contribution < -0.4 is 0 Å². The number of rotatable bonds is 13. The number of unbranched alkanes of at least 4 members (excludes halogenated alkanes) is 1. The number of carboxylic acids is 1. The molecule has 0 aromatic carbocycles. The molecule has 128 valence electrons. The van der Waals surface area contributed by atoms with Crippen molar-refractivity contribution >= 4 is 5.97 Å². The second-order valence-electron chi connectivity index (χ2n) is 5.20. The lowest BCUT2D eigenvalue weighted by Crippen LogP contribution is -1.98. The Morgan fingerprint density at radius 3 is 2.35 bits per heavy atom. The van der Waals surface area contributed by atoms with E-state index >= 15 is 0 Å². The topological polar surface area (TPSA) is 57.5 Å². The third-order valence-corrected chi connectivity index (χ3v) is 3.00. The quantitative estimate of drug-likeness (QED) is 0.286. The van der Waals surface area contributed by atoms with Crippen LogP contribution in [0.4, 0.5) is 0 Å². The molecule has 0 heterocycles. The van der Waals surface area contributed by atoms with Crippen LogP contribution in [0.25, 0.3) is 0 Å². The zero-order valence-electron chi connectivity index (χ0n) is 14.1. The molecule has 0 spiro atoms. The maximum absolute atomic E-state index is 10.3. The van der Waals surface area contributed by atoms with Gasteiger partial charge in [-0.1, -0.05) is 67.7 Å². The van der Waals surface area contributed by atoms with Gasteiger partial charge >= 0.3 is 5.97 Å². The molecule has 0 aliphatic heterocycles. The summed E-state index contributed by atoms with van der Waals surface area (Å²) < 4.78 is 0. The van der Waals surface area contributed by atoms with Crippen LogP contribution in [0.3, 0.4) is 0 Å². The Bertz CT molecular complexity index is 428. The van der Waals surface area contributed by atoms with Crippen LogP contribution in [0, 0.1) is 0 Å². The van der Waals surface area contributed by atoms with Crippen molar-refractivity contribution in [3.8, 4) is 0 Å². The second-order valence-corrected chi connectivity index (χ2v) is 5.20. The Kier molecular flexibility index (Phi) is 15.2. The van der Waals surface area contributed by atoms with E-state index in [0.29, 0.717) is 12.8 Å². The lowest BCUT2D eigenvalue weighted by Gasteiger charge is -1.99. The monoisotopic (exact) mass is 318 g/mol. The van der Waals surface area contributed by atoms with Gasteiger partial charge in [-0.15, -0.1) is 0 Å². The number of carbonyl (C=O) groups is 1. The standard InChI is InChI=1S/C20H30O3/c1-2-3-4-5-6-7-8-9-10-13-16-19(21)17-14-11-12-15-18-20(22)23/h3-4,6-7,9-11,13-14,16,19,21H,2,5,8,12,15,17-18H2,1H3,(H,22,23)/t19-/m1/s1. The summed E-state index contributed by atoms with van der Waals surface area (Å²) in [5, 5.41) is 18.2. The molecular weight excluding hydrogens is 288 g/mol. The zero-order chi connectivity index (χ0) is 17.2. The highest BCUT2D eigenvalue weighted by atomic mass is 16.4. The van der Waals surface area contributed by atoms with Gasteiger partial charge in [-0.2, -0.15) is 0 Å². The minimum atomic E-state index is -0.763. The van der Waals surface area contributed by atoms with Crippen molar-refractivity contribution in [3.05, 3.63) is 60.8 Å². The number of aliphatic hydroxyl groups is 1. The molecular formula is C20H30O3. The number of allylic oxidation sites excluding steroid dienone is 8. The minimum Gasteiger partial charge on any atom is -0.481 e. The summed E-state index contributed by atoms with van der Waals surface area (Å²) in [6.07, 6.45) is 24.6. The molecule has 1 atom stereocenters. The Morgan fingerprint density at radius 1 is 0.957 bits per heavy atom. The molecule has 0 unspecified atom stereocenters. The molecule has 3 heteroatoms. The molecule has 3 nitrogen and oxygen atoms in total. The van der Waals surface area contributed by atoms with E-state index in [0.717, 1.165) is 25.7 Å². The molecule has 0 aliphatic carbocycles. The maximum Gasteiger partial charge on any atom is 0.303 e. The van der Waals surface area contributed by atoms with Crippen molar-refractivity contribution in [2.45, 2.75) is 58.0 Å². The lowest BCUT2D eigenvalue weighted by molar-refractivity contribution is -0.137. The lowest BCUT2D eigenvalue weighted by atomic mass is 10.2. The molecule has 0 saturated heterocycles. The van der Waals surface area contributed by atoms with Crippen molar-refractivity contribution in [2.24, 2.45) is 0 Å². The molecule has 0 radical (unpaired) electrons. The van der Waals surface area contributed by atoms with E-state index in [-0.39, 0.29) is 6.42 Å². The van der Waals surface area contributed by atoms with E-state index < -0.39 is 12.1 Å². The molecule has 0 amide bonds. The van der Waals surface area contributed by atoms with E-state index in [9.17, 15) is 9.90 Å². The average molecular weight is 318 g/mol. The molecule has 0 rings (SSSR count). The van der Waals surface area contributed by atoms with Gasteiger partial charge in [0, 0.05) is 6.42 Å². The van der Waals surface area contributed by atoms with Crippen molar-refractivity contribution in [3.63, 3.8) is 0 Å². The van der Waals surface area contributed by atoms with Crippen molar-refractivity contribution in [1.82, 2.24) is 0 Å². The Labute approximate surface area is 140 Å². The number of hydrogen-bond donors (Lipinski definition) is 2. The number of hydrogen-bond acceptors (Lipinski definition) is 2. The summed E-state index contributed by atoms with van der Waals surface area (Å²) in [7, 11) is 0. The summed E-state index contributed by atoms with van der Waals surface area (Å²) in [6, 6.07) is 0. The van der Waals surface area contributed by atoms with Crippen LogP contribution in [0.5, 0.6) is 0 Å². The average Bonchev–Trinajstić information content (AvgIpc) is 2.52. The van der Waals surface area contributed by atoms with Gasteiger partial charge in [0.1, 0.15) is 0 Å². The van der Waals surface area contributed by atoms with Gasteiger partial charge in [-0.3, -0.25) is 4.79 Å². The predicted octanol–water partition coefficient (Wildman–Crippen LogP) is 4.96. The van der Waals surface area contributed by atoms with E-state index in [4.69, 9.17) is 5.11 Å². The normalized spacial score (nSPS) is 14.2. The summed E-state index contributed by atoms with van der Waals surface area (Å²) in [5.74, 6) is -0.763. The van der Waals surface area contributed by atoms with Gasteiger partial charge in [0.15, 0.2) is 0 Å². The van der Waals surface area contributed by atoms with Gasteiger partial charge in [0.2, 0.25) is 0 Å². The highest BCUT2D eigenvalue weighted by Gasteiger charge is 1.95. The largest absolute Gasteiger partial charge is 0.481 e. The predicted molar refractivity (Wildman–Crippen MR) is 97.3 cm³/mol. The second kappa shape index (κ2) is 16.5. The summed E-state index contributed by atoms with van der Waals surface area (Å²) in [4.78, 5) is 10.3. The third kappa shape index (κ3) is 18.1. The molecule has 0 saturated carbocycles. The van der Waals surface area contributed by atoms with E-state index in [1.807, 2.05) is 30.4 Å². The van der Waals surface area contributed by atoms with Crippen molar-refractivity contribution in [2.75, 3.05) is 0 Å². The van der Waals surface area contributed by atoms with Crippen LogP contribution >= 0.6 is 0 Å². The third-order valence-electron chi connectivity index (χ3n) is 3.00. The molecule has 0 aromatic heterocycles. The summed E-state index contributed by atoms with van der Waals surface area (Å²) in [5.41, 5.74) is 0. The van der Waals surface area contributed by atoms with Crippen LogP contribution in [-0.4, -0.2) is 22.3 Å². The fourth-order valence-electron chi connectivity index (χ4n) is 1.77. The molecule has 0 aliphatic rings. The van der Waals surface area contributed by atoms with Crippen molar-refractivity contribution < 1.29 is 15.0 Å². The molecule has 0 bridgehead atoms. The van der Waals surface area contributed by atoms with Gasteiger partial charge in [0.25, 0.3) is 0 Å². The van der Waals surface area contributed by atoms with Crippen LogP contribution in [0.15, 0.2) is 60.8 Å². The van der Waals surface area contributed by atoms with Crippen LogP contribution in [-0.2, 0) is 4.79 Å². The first-order valence-corrected chi connectivity index (χ1v) is 8.35. The first kappa shape index (κ1) is 21.1. The smallest absolute Gasteiger partial charge is 0.303 e. The van der Waals surface area contributed by atoms with E-state index in [1.165, 1.54) is 0 Å². The zero-order valence-corrected chi connectivity index (χ0v) is 14.1. The fourth-order valence-corrected chi connectivity index (χ4v) is 1.77. The first-order chi connectivity index (χ1) is 11.2. The molecule has 0 aromatic rings. The van der Waals surface area contributed by atoms with Crippen molar-refractivity contribution in [1.29, 1.82) is 0 Å². The highest BCUT2D eigenvalue weighted by Crippen LogP contribution is 2.01. The number of aliphatic carboxylic acids is 1. The van der Waals surface area contributed by atoms with Gasteiger partial charge < -0.3 is 10.2 Å². The Morgan fingerprint density at radius 2 is 1.65 bits per heavy atom. The Hall–Kier alpha value is -1.87. The number of carboxylic acid groups (broad SMARTS) is 1. The maximum atomic E-state index is 10.3. The van der Waals surface area contributed by atoms with E-state index in [1.54, 1.807) is 6.08 Å². The minimum absolute atomic E-state index is 0.195. The molecule has 2 N–H and O–H groups in total. The highest BCUT2D eigenvalue weighted by molar-refractivity contribution is 5.66. The SMILES string of the molecule is CCC=CCC=CCC=CC=C[C@@H](O)CC=CCCCC(=O)O. The van der Waals surface area contributed by atoms with Gasteiger partial charge in [0.05, 0.1) is 6.10 Å². The molecule has 0 fully saturated rings. The molecule has 23 heavy (non-hydrogen) atoms. The Balaban J connectivity index is 3.68.